The Morgan fingerprint density at radius 3 is 2.65 bits per heavy atom. The van der Waals surface area contributed by atoms with Crippen molar-refractivity contribution in [1.82, 2.24) is 20.5 Å². The fourth-order valence-electron chi connectivity index (χ4n) is 2.89. The van der Waals surface area contributed by atoms with Crippen molar-refractivity contribution in [2.24, 2.45) is 5.73 Å². The van der Waals surface area contributed by atoms with Crippen LogP contribution in [0.1, 0.15) is 48.7 Å². The van der Waals surface area contributed by atoms with Gasteiger partial charge in [-0.3, -0.25) is 4.79 Å². The van der Waals surface area contributed by atoms with Crippen molar-refractivity contribution in [3.63, 3.8) is 0 Å². The molecule has 0 radical (unpaired) electrons. The number of hydrogen-bond acceptors (Lipinski definition) is 7. The van der Waals surface area contributed by atoms with E-state index in [1.54, 1.807) is 0 Å². The number of rotatable bonds is 6. The van der Waals surface area contributed by atoms with Crippen molar-refractivity contribution in [1.29, 1.82) is 0 Å². The van der Waals surface area contributed by atoms with Gasteiger partial charge in [-0.05, 0) is 43.0 Å². The Balaban J connectivity index is 1.80. The molecule has 1 unspecified atom stereocenters. The number of nitrogens with one attached hydrogen (secondary N) is 3. The smallest absolute Gasteiger partial charge is 0.273 e. The van der Waals surface area contributed by atoms with Crippen LogP contribution >= 0.6 is 0 Å². The molecule has 1 atom stereocenters. The molecule has 8 heteroatoms. The highest BCUT2D eigenvalue weighted by Gasteiger charge is 2.18. The van der Waals surface area contributed by atoms with E-state index in [0.29, 0.717) is 17.7 Å². The summed E-state index contributed by atoms with van der Waals surface area (Å²) in [6.45, 7) is 6.15. The molecule has 1 saturated heterocycles. The number of anilines is 3. The fourth-order valence-corrected chi connectivity index (χ4v) is 2.89. The largest absolute Gasteiger partial charge is 0.364 e. The lowest BCUT2D eigenvalue weighted by Gasteiger charge is -2.23. The Bertz CT molecular complexity index is 755. The zero-order valence-corrected chi connectivity index (χ0v) is 15.1. The number of piperidine rings is 1. The summed E-state index contributed by atoms with van der Waals surface area (Å²) in [6.07, 6.45) is 2.13. The number of amides is 1. The van der Waals surface area contributed by atoms with Crippen LogP contribution in [0.5, 0.6) is 0 Å². The fraction of sp³-hybridized carbons (Fsp3) is 0.444. The predicted octanol–water partition coefficient (Wildman–Crippen LogP) is 2.00. The molecule has 0 saturated carbocycles. The minimum Gasteiger partial charge on any atom is -0.364 e. The summed E-state index contributed by atoms with van der Waals surface area (Å²) < 4.78 is 0. The summed E-state index contributed by atoms with van der Waals surface area (Å²) in [6, 6.07) is 8.21. The summed E-state index contributed by atoms with van der Waals surface area (Å²) in [4.78, 5) is 16.1. The number of primary amides is 1. The Hall–Kier alpha value is -2.74. The van der Waals surface area contributed by atoms with Crippen LogP contribution in [-0.2, 0) is 0 Å². The van der Waals surface area contributed by atoms with E-state index < -0.39 is 5.91 Å². The SMILES string of the molecule is CC(C)c1ccc(Nc2nc(NC3CCCNC3)nnc2C(N)=O)cc1. The first kappa shape index (κ1) is 18.1. The van der Waals surface area contributed by atoms with Crippen LogP contribution in [0.15, 0.2) is 24.3 Å². The third kappa shape index (κ3) is 4.45. The van der Waals surface area contributed by atoms with Crippen LogP contribution in [0.25, 0.3) is 0 Å². The average molecular weight is 355 g/mol. The molecule has 0 spiro atoms. The average Bonchev–Trinajstić information content (AvgIpc) is 2.63. The van der Waals surface area contributed by atoms with Gasteiger partial charge in [0.15, 0.2) is 11.5 Å². The molecule has 2 aromatic rings. The molecular formula is C18H25N7O. The maximum absolute atomic E-state index is 11.7. The second-order valence-electron chi connectivity index (χ2n) is 6.79. The molecule has 3 rings (SSSR count). The van der Waals surface area contributed by atoms with Crippen LogP contribution in [0.4, 0.5) is 17.5 Å². The number of carbonyl (C=O) groups is 1. The van der Waals surface area contributed by atoms with Gasteiger partial charge in [-0.25, -0.2) is 0 Å². The molecule has 1 aromatic carbocycles. The molecule has 8 nitrogen and oxygen atoms in total. The summed E-state index contributed by atoms with van der Waals surface area (Å²) in [5.74, 6) is 0.462. The second-order valence-corrected chi connectivity index (χ2v) is 6.79. The van der Waals surface area contributed by atoms with Gasteiger partial charge in [0.25, 0.3) is 5.91 Å². The van der Waals surface area contributed by atoms with Gasteiger partial charge in [-0.2, -0.15) is 4.98 Å². The van der Waals surface area contributed by atoms with Crippen molar-refractivity contribution >= 4 is 23.4 Å². The second kappa shape index (κ2) is 8.09. The van der Waals surface area contributed by atoms with Gasteiger partial charge in [0, 0.05) is 18.3 Å². The van der Waals surface area contributed by atoms with E-state index in [2.05, 4.69) is 45.0 Å². The molecule has 26 heavy (non-hydrogen) atoms. The zero-order chi connectivity index (χ0) is 18.5. The van der Waals surface area contributed by atoms with Crippen molar-refractivity contribution in [3.05, 3.63) is 35.5 Å². The number of nitrogens with two attached hydrogens (primary N) is 1. The standard InChI is InChI=1S/C18H25N7O/c1-11(2)12-5-7-13(8-6-12)21-17-15(16(19)26)24-25-18(23-17)22-14-4-3-9-20-10-14/h5-8,11,14,20H,3-4,9-10H2,1-2H3,(H2,19,26)(H2,21,22,23,25). The lowest BCUT2D eigenvalue weighted by Crippen LogP contribution is -2.39. The van der Waals surface area contributed by atoms with E-state index in [-0.39, 0.29) is 11.7 Å². The maximum Gasteiger partial charge on any atom is 0.273 e. The first-order valence-corrected chi connectivity index (χ1v) is 8.91. The Morgan fingerprint density at radius 1 is 1.27 bits per heavy atom. The third-order valence-corrected chi connectivity index (χ3v) is 4.39. The van der Waals surface area contributed by atoms with Crippen LogP contribution in [0, 0.1) is 0 Å². The molecule has 1 aliphatic heterocycles. The van der Waals surface area contributed by atoms with E-state index in [1.165, 1.54) is 5.56 Å². The van der Waals surface area contributed by atoms with E-state index in [1.807, 2.05) is 24.3 Å². The molecule has 0 aliphatic carbocycles. The number of carbonyl (C=O) groups excluding carboxylic acids is 1. The maximum atomic E-state index is 11.7. The van der Waals surface area contributed by atoms with Gasteiger partial charge in [0.2, 0.25) is 5.95 Å². The molecular weight excluding hydrogens is 330 g/mol. The Morgan fingerprint density at radius 2 is 2.04 bits per heavy atom. The van der Waals surface area contributed by atoms with Crippen LogP contribution < -0.4 is 21.7 Å². The highest BCUT2D eigenvalue weighted by atomic mass is 16.1. The first-order valence-electron chi connectivity index (χ1n) is 8.91. The first-order chi connectivity index (χ1) is 12.5. The summed E-state index contributed by atoms with van der Waals surface area (Å²) in [5.41, 5.74) is 7.48. The zero-order valence-electron chi connectivity index (χ0n) is 15.1. The molecule has 0 bridgehead atoms. The van der Waals surface area contributed by atoms with E-state index in [4.69, 9.17) is 5.73 Å². The predicted molar refractivity (Wildman–Crippen MR) is 102 cm³/mol. The Labute approximate surface area is 153 Å². The van der Waals surface area contributed by atoms with Gasteiger partial charge in [-0.15, -0.1) is 10.2 Å². The number of hydrogen-bond donors (Lipinski definition) is 4. The highest BCUT2D eigenvalue weighted by molar-refractivity contribution is 5.96. The van der Waals surface area contributed by atoms with Gasteiger partial charge in [0.05, 0.1) is 0 Å². The third-order valence-electron chi connectivity index (χ3n) is 4.39. The molecule has 1 amide bonds. The molecule has 138 valence electrons. The summed E-state index contributed by atoms with van der Waals surface area (Å²) in [7, 11) is 0. The van der Waals surface area contributed by atoms with Gasteiger partial charge < -0.3 is 21.7 Å². The van der Waals surface area contributed by atoms with Crippen molar-refractivity contribution in [2.75, 3.05) is 23.7 Å². The quantitative estimate of drug-likeness (QED) is 0.626. The summed E-state index contributed by atoms with van der Waals surface area (Å²) >= 11 is 0. The van der Waals surface area contributed by atoms with E-state index in [9.17, 15) is 4.79 Å². The van der Waals surface area contributed by atoms with Gasteiger partial charge in [0.1, 0.15) is 0 Å². The molecule has 2 heterocycles. The number of aromatic nitrogens is 3. The number of benzene rings is 1. The van der Waals surface area contributed by atoms with Crippen LogP contribution in [0.3, 0.4) is 0 Å². The van der Waals surface area contributed by atoms with Gasteiger partial charge >= 0.3 is 0 Å². The highest BCUT2D eigenvalue weighted by Crippen LogP contribution is 2.21. The molecule has 1 aromatic heterocycles. The minimum absolute atomic E-state index is 0.0188. The lowest BCUT2D eigenvalue weighted by molar-refractivity contribution is 0.0995. The normalized spacial score (nSPS) is 17.1. The van der Waals surface area contributed by atoms with Crippen molar-refractivity contribution in [3.8, 4) is 0 Å². The van der Waals surface area contributed by atoms with E-state index >= 15 is 0 Å². The monoisotopic (exact) mass is 355 g/mol. The van der Waals surface area contributed by atoms with E-state index in [0.717, 1.165) is 31.6 Å². The van der Waals surface area contributed by atoms with Crippen molar-refractivity contribution < 1.29 is 4.79 Å². The van der Waals surface area contributed by atoms with Crippen LogP contribution in [-0.4, -0.2) is 40.2 Å². The molecule has 1 fully saturated rings. The topological polar surface area (TPSA) is 118 Å². The van der Waals surface area contributed by atoms with Crippen molar-refractivity contribution in [2.45, 2.75) is 38.6 Å². The molecule has 5 N–H and O–H groups in total. The number of nitrogens with zero attached hydrogens (tertiary/aromatic N) is 3. The molecule has 1 aliphatic rings. The summed E-state index contributed by atoms with van der Waals surface area (Å²) in [5, 5.41) is 17.7. The minimum atomic E-state index is -0.669. The Kier molecular flexibility index (Phi) is 5.62. The lowest BCUT2D eigenvalue weighted by atomic mass is 10.0. The van der Waals surface area contributed by atoms with Gasteiger partial charge in [-0.1, -0.05) is 26.0 Å². The van der Waals surface area contributed by atoms with Crippen LogP contribution in [0.2, 0.25) is 0 Å².